The molecule has 1 aliphatic heterocycles. The van der Waals surface area contributed by atoms with Gasteiger partial charge in [0.15, 0.2) is 0 Å². The van der Waals surface area contributed by atoms with E-state index in [1.807, 2.05) is 18.2 Å². The molecule has 2 atom stereocenters. The fourth-order valence-corrected chi connectivity index (χ4v) is 3.15. The van der Waals surface area contributed by atoms with Gasteiger partial charge < -0.3 is 18.6 Å². The van der Waals surface area contributed by atoms with Crippen molar-refractivity contribution in [2.45, 2.75) is 25.1 Å². The second kappa shape index (κ2) is 6.69. The van der Waals surface area contributed by atoms with Gasteiger partial charge in [0, 0.05) is 32.2 Å². The number of rotatable bonds is 6. The second-order valence-corrected chi connectivity index (χ2v) is 5.75. The first-order valence-electron chi connectivity index (χ1n) is 7.55. The topological polar surface area (TPSA) is 44.1 Å². The lowest BCUT2D eigenvalue weighted by atomic mass is 10.2. The lowest BCUT2D eigenvalue weighted by Crippen LogP contribution is -2.32. The van der Waals surface area contributed by atoms with Gasteiger partial charge in [0.25, 0.3) is 0 Å². The maximum Gasteiger partial charge on any atom is 0.134 e. The first kappa shape index (κ1) is 15.3. The molecule has 22 heavy (non-hydrogen) atoms. The van der Waals surface area contributed by atoms with E-state index in [1.165, 1.54) is 0 Å². The number of furan rings is 1. The Bertz CT molecular complexity index is 624. The Morgan fingerprint density at radius 1 is 1.23 bits per heavy atom. The summed E-state index contributed by atoms with van der Waals surface area (Å²) in [4.78, 5) is 2.37. The van der Waals surface area contributed by atoms with Crippen LogP contribution in [-0.4, -0.2) is 51.5 Å². The Balaban J connectivity index is 1.76. The van der Waals surface area contributed by atoms with Gasteiger partial charge in [-0.3, -0.25) is 4.90 Å². The number of nitrogens with zero attached hydrogens (tertiary/aromatic N) is 1. The van der Waals surface area contributed by atoms with Gasteiger partial charge in [-0.2, -0.15) is 0 Å². The molecule has 1 aromatic carbocycles. The summed E-state index contributed by atoms with van der Waals surface area (Å²) in [5.41, 5.74) is 0.890. The van der Waals surface area contributed by atoms with Crippen molar-refractivity contribution in [1.82, 2.24) is 4.90 Å². The van der Waals surface area contributed by atoms with Crippen LogP contribution in [0.15, 0.2) is 28.7 Å². The molecule has 1 aromatic heterocycles. The van der Waals surface area contributed by atoms with Crippen LogP contribution in [0.2, 0.25) is 0 Å². The van der Waals surface area contributed by atoms with Crippen molar-refractivity contribution in [3.8, 4) is 5.75 Å². The second-order valence-electron chi connectivity index (χ2n) is 5.75. The van der Waals surface area contributed by atoms with Gasteiger partial charge >= 0.3 is 0 Å². The summed E-state index contributed by atoms with van der Waals surface area (Å²) in [6, 6.07) is 8.32. The SMILES string of the molecule is COC[C@@H]1C[C@@H](OC)CN1Cc1cc2cc(OC)ccc2o1. The van der Waals surface area contributed by atoms with Gasteiger partial charge in [0.2, 0.25) is 0 Å². The summed E-state index contributed by atoms with van der Waals surface area (Å²) in [6.45, 7) is 2.39. The van der Waals surface area contributed by atoms with Crippen LogP contribution in [-0.2, 0) is 16.0 Å². The zero-order chi connectivity index (χ0) is 15.5. The molecule has 1 aliphatic rings. The Morgan fingerprint density at radius 3 is 2.82 bits per heavy atom. The average Bonchev–Trinajstić information content (AvgIpc) is 3.10. The monoisotopic (exact) mass is 305 g/mol. The van der Waals surface area contributed by atoms with E-state index >= 15 is 0 Å². The molecule has 0 radical (unpaired) electrons. The van der Waals surface area contributed by atoms with Gasteiger partial charge in [-0.25, -0.2) is 0 Å². The standard InChI is InChI=1S/C17H23NO4/c1-19-11-13-8-15(21-3)9-18(13)10-16-7-12-6-14(20-2)4-5-17(12)22-16/h4-7,13,15H,8-11H2,1-3H3/t13-,15+/m0/s1. The van der Waals surface area contributed by atoms with Gasteiger partial charge in [-0.05, 0) is 30.7 Å². The molecule has 0 N–H and O–H groups in total. The Hall–Kier alpha value is -1.56. The molecular formula is C17H23NO4. The summed E-state index contributed by atoms with van der Waals surface area (Å²) in [6.07, 6.45) is 1.27. The highest BCUT2D eigenvalue weighted by molar-refractivity contribution is 5.79. The number of ether oxygens (including phenoxy) is 3. The molecule has 2 aromatic rings. The average molecular weight is 305 g/mol. The summed E-state index contributed by atoms with van der Waals surface area (Å²) < 4.78 is 22.0. The number of hydrogen-bond donors (Lipinski definition) is 0. The molecule has 0 unspecified atom stereocenters. The van der Waals surface area contributed by atoms with Gasteiger partial charge in [0.1, 0.15) is 17.1 Å². The molecule has 0 aliphatic carbocycles. The van der Waals surface area contributed by atoms with Crippen molar-refractivity contribution in [3.63, 3.8) is 0 Å². The Kier molecular flexibility index (Phi) is 4.66. The molecular weight excluding hydrogens is 282 g/mol. The van der Waals surface area contributed by atoms with E-state index < -0.39 is 0 Å². The van der Waals surface area contributed by atoms with Crippen LogP contribution < -0.4 is 4.74 Å². The lowest BCUT2D eigenvalue weighted by Gasteiger charge is -2.22. The minimum Gasteiger partial charge on any atom is -0.497 e. The molecule has 0 amide bonds. The van der Waals surface area contributed by atoms with E-state index in [1.54, 1.807) is 21.3 Å². The van der Waals surface area contributed by atoms with Crippen LogP contribution in [0.3, 0.4) is 0 Å². The maximum atomic E-state index is 5.95. The van der Waals surface area contributed by atoms with Crippen LogP contribution >= 0.6 is 0 Å². The number of hydrogen-bond acceptors (Lipinski definition) is 5. The van der Waals surface area contributed by atoms with Crippen LogP contribution in [0, 0.1) is 0 Å². The quantitative estimate of drug-likeness (QED) is 0.821. The van der Waals surface area contributed by atoms with E-state index in [4.69, 9.17) is 18.6 Å². The molecule has 5 heteroatoms. The summed E-state index contributed by atoms with van der Waals surface area (Å²) >= 11 is 0. The summed E-state index contributed by atoms with van der Waals surface area (Å²) in [5.74, 6) is 1.80. The van der Waals surface area contributed by atoms with Crippen molar-refractivity contribution in [1.29, 1.82) is 0 Å². The van der Waals surface area contributed by atoms with Gasteiger partial charge in [0.05, 0.1) is 26.4 Å². The Labute approximate surface area is 130 Å². The largest absolute Gasteiger partial charge is 0.497 e. The highest BCUT2D eigenvalue weighted by Gasteiger charge is 2.32. The number of fused-ring (bicyclic) bond motifs is 1. The number of benzene rings is 1. The molecule has 0 spiro atoms. The molecule has 5 nitrogen and oxygen atoms in total. The zero-order valence-electron chi connectivity index (χ0n) is 13.4. The fourth-order valence-electron chi connectivity index (χ4n) is 3.15. The number of likely N-dealkylation sites (tertiary alicyclic amines) is 1. The normalized spacial score (nSPS) is 22.5. The predicted molar refractivity (Wildman–Crippen MR) is 84.3 cm³/mol. The van der Waals surface area contributed by atoms with Crippen LogP contribution in [0.5, 0.6) is 5.75 Å². The van der Waals surface area contributed by atoms with E-state index in [9.17, 15) is 0 Å². The summed E-state index contributed by atoms with van der Waals surface area (Å²) in [7, 11) is 5.18. The molecule has 0 saturated carbocycles. The van der Waals surface area contributed by atoms with E-state index in [-0.39, 0.29) is 6.10 Å². The smallest absolute Gasteiger partial charge is 0.134 e. The molecule has 0 bridgehead atoms. The van der Waals surface area contributed by atoms with Gasteiger partial charge in [-0.1, -0.05) is 0 Å². The zero-order valence-corrected chi connectivity index (χ0v) is 13.4. The van der Waals surface area contributed by atoms with Crippen LogP contribution in [0.4, 0.5) is 0 Å². The Morgan fingerprint density at radius 2 is 2.09 bits per heavy atom. The highest BCUT2D eigenvalue weighted by Crippen LogP contribution is 2.27. The van der Waals surface area contributed by atoms with Crippen molar-refractivity contribution >= 4 is 11.0 Å². The third-order valence-electron chi connectivity index (χ3n) is 4.32. The van der Waals surface area contributed by atoms with Gasteiger partial charge in [-0.15, -0.1) is 0 Å². The van der Waals surface area contributed by atoms with Crippen LogP contribution in [0.25, 0.3) is 11.0 Å². The van der Waals surface area contributed by atoms with Crippen molar-refractivity contribution < 1.29 is 18.6 Å². The molecule has 1 saturated heterocycles. The molecule has 3 rings (SSSR count). The van der Waals surface area contributed by atoms with Crippen molar-refractivity contribution in [3.05, 3.63) is 30.0 Å². The molecule has 1 fully saturated rings. The fraction of sp³-hybridized carbons (Fsp3) is 0.529. The van der Waals surface area contributed by atoms with Crippen molar-refractivity contribution in [2.24, 2.45) is 0 Å². The lowest BCUT2D eigenvalue weighted by molar-refractivity contribution is 0.103. The first-order valence-corrected chi connectivity index (χ1v) is 7.55. The first-order chi connectivity index (χ1) is 10.7. The third kappa shape index (κ3) is 3.11. The third-order valence-corrected chi connectivity index (χ3v) is 4.32. The maximum absolute atomic E-state index is 5.95. The summed E-state index contributed by atoms with van der Waals surface area (Å²) in [5, 5.41) is 1.07. The highest BCUT2D eigenvalue weighted by atomic mass is 16.5. The molecule has 120 valence electrons. The van der Waals surface area contributed by atoms with Crippen LogP contribution in [0.1, 0.15) is 12.2 Å². The van der Waals surface area contributed by atoms with E-state index in [0.29, 0.717) is 12.6 Å². The molecule has 2 heterocycles. The number of methoxy groups -OCH3 is 3. The predicted octanol–water partition coefficient (Wildman–Crippen LogP) is 2.68. The minimum absolute atomic E-state index is 0.268. The van der Waals surface area contributed by atoms with E-state index in [0.717, 1.165) is 42.0 Å². The van der Waals surface area contributed by atoms with E-state index in [2.05, 4.69) is 11.0 Å². The minimum atomic E-state index is 0.268. The van der Waals surface area contributed by atoms with Crippen molar-refractivity contribution in [2.75, 3.05) is 34.5 Å².